The summed E-state index contributed by atoms with van der Waals surface area (Å²) in [6.45, 7) is 7.73. The van der Waals surface area contributed by atoms with Crippen LogP contribution in [0, 0.1) is 39.9 Å². The predicted molar refractivity (Wildman–Crippen MR) is 140 cm³/mol. The molecule has 0 nitrogen and oxygen atoms in total. The Kier molecular flexibility index (Phi) is 3.77. The number of allylic oxidation sites excluding steroid dienone is 4. The van der Waals surface area contributed by atoms with Crippen LogP contribution in [0.25, 0.3) is 11.1 Å². The highest BCUT2D eigenvalue weighted by molar-refractivity contribution is 5.79. The van der Waals surface area contributed by atoms with Crippen molar-refractivity contribution in [3.8, 4) is 11.1 Å². The Morgan fingerprint density at radius 3 is 1.79 bits per heavy atom. The van der Waals surface area contributed by atoms with Gasteiger partial charge in [-0.1, -0.05) is 87.0 Å². The van der Waals surface area contributed by atoms with E-state index in [0.717, 1.165) is 17.8 Å². The van der Waals surface area contributed by atoms with E-state index in [4.69, 9.17) is 0 Å². The number of hydrogen-bond donors (Lipinski definition) is 0. The van der Waals surface area contributed by atoms with Gasteiger partial charge in [0.1, 0.15) is 0 Å². The van der Waals surface area contributed by atoms with E-state index < -0.39 is 0 Å². The van der Waals surface area contributed by atoms with Gasteiger partial charge >= 0.3 is 0 Å². The number of rotatable bonds is 2. The highest BCUT2D eigenvalue weighted by atomic mass is 14.6. The molecule has 5 fully saturated rings. The monoisotopic (exact) mass is 446 g/mol. The second-order valence-electron chi connectivity index (χ2n) is 14.1. The van der Waals surface area contributed by atoms with Crippen molar-refractivity contribution in [2.75, 3.05) is 0 Å². The summed E-state index contributed by atoms with van der Waals surface area (Å²) in [4.78, 5) is 0. The summed E-state index contributed by atoms with van der Waals surface area (Å²) in [7, 11) is 0. The molecule has 7 aliphatic carbocycles. The molecule has 174 valence electrons. The van der Waals surface area contributed by atoms with E-state index in [-0.39, 0.29) is 10.8 Å². The van der Waals surface area contributed by atoms with E-state index in [1.165, 1.54) is 56.1 Å². The lowest BCUT2D eigenvalue weighted by Crippen LogP contribution is -2.46. The molecule has 2 atom stereocenters. The maximum Gasteiger partial charge on any atom is 0.0164 e. The summed E-state index contributed by atoms with van der Waals surface area (Å²) in [5.74, 6) is 4.11. The van der Waals surface area contributed by atoms with Gasteiger partial charge in [-0.05, 0) is 107 Å². The third-order valence-electron chi connectivity index (χ3n) is 11.5. The van der Waals surface area contributed by atoms with Crippen LogP contribution in [-0.2, 0) is 0 Å². The average Bonchev–Trinajstić information content (AvgIpc) is 3.44. The summed E-state index contributed by atoms with van der Waals surface area (Å²) >= 11 is 0. The lowest BCUT2D eigenvalue weighted by molar-refractivity contribution is -0.0287. The first-order valence-corrected chi connectivity index (χ1v) is 14.0. The Hall–Kier alpha value is -2.08. The van der Waals surface area contributed by atoms with Crippen LogP contribution in [0.2, 0.25) is 0 Å². The van der Waals surface area contributed by atoms with E-state index >= 15 is 0 Å². The molecule has 2 aromatic rings. The Bertz CT molecular complexity index is 1190. The van der Waals surface area contributed by atoms with Crippen molar-refractivity contribution in [3.63, 3.8) is 0 Å². The van der Waals surface area contributed by atoms with E-state index in [1.54, 1.807) is 22.3 Å². The van der Waals surface area contributed by atoms with Crippen LogP contribution in [0.4, 0.5) is 0 Å². The van der Waals surface area contributed by atoms with E-state index in [9.17, 15) is 0 Å². The van der Waals surface area contributed by atoms with E-state index in [1.807, 2.05) is 0 Å². The molecule has 9 rings (SSSR count). The zero-order valence-corrected chi connectivity index (χ0v) is 21.1. The summed E-state index contributed by atoms with van der Waals surface area (Å²) in [6, 6.07) is 18.6. The maximum absolute atomic E-state index is 2.83. The molecule has 4 bridgehead atoms. The van der Waals surface area contributed by atoms with Gasteiger partial charge in [0.05, 0.1) is 0 Å². The van der Waals surface area contributed by atoms with Crippen LogP contribution >= 0.6 is 0 Å². The molecule has 0 heteroatoms. The molecule has 0 radical (unpaired) electrons. The smallest absolute Gasteiger partial charge is 0.0164 e. The molecule has 2 aromatic carbocycles. The Labute approximate surface area is 205 Å². The molecular formula is C34H38. The molecule has 34 heavy (non-hydrogen) atoms. The molecule has 0 heterocycles. The van der Waals surface area contributed by atoms with Crippen LogP contribution in [-0.4, -0.2) is 0 Å². The largest absolute Gasteiger partial charge is 0.0729 e. The standard InChI is InChI=1S/C34H38/c1-32(2)20-33(3,31-27-10-6-4-8-25(27)26-9-5-7-11-28(26)31)30-16-24(15-29(30)32)34-17-21-12-22(18-34)14-23(13-21)19-34/h4-11,15-16,21-23,30-31H,12-14,17-20H2,1-3H3. The third-order valence-corrected chi connectivity index (χ3v) is 11.5. The zero-order chi connectivity index (χ0) is 22.9. The second-order valence-corrected chi connectivity index (χ2v) is 14.1. The van der Waals surface area contributed by atoms with Crippen LogP contribution in [0.15, 0.2) is 71.8 Å². The van der Waals surface area contributed by atoms with E-state index in [2.05, 4.69) is 81.5 Å². The number of fused-ring (bicyclic) bond motifs is 4. The molecule has 0 spiro atoms. The van der Waals surface area contributed by atoms with Gasteiger partial charge in [-0.2, -0.15) is 0 Å². The molecular weight excluding hydrogens is 408 g/mol. The Morgan fingerprint density at radius 1 is 0.706 bits per heavy atom. The fraction of sp³-hybridized carbons (Fsp3) is 0.529. The van der Waals surface area contributed by atoms with Gasteiger partial charge in [0.2, 0.25) is 0 Å². The first-order chi connectivity index (χ1) is 16.4. The first-order valence-electron chi connectivity index (χ1n) is 14.0. The molecule has 2 unspecified atom stereocenters. The molecule has 0 aromatic heterocycles. The zero-order valence-electron chi connectivity index (χ0n) is 21.1. The van der Waals surface area contributed by atoms with Crippen LogP contribution in [0.1, 0.15) is 82.8 Å². The van der Waals surface area contributed by atoms with Crippen molar-refractivity contribution in [2.45, 2.75) is 71.6 Å². The molecule has 0 N–H and O–H groups in total. The van der Waals surface area contributed by atoms with E-state index in [0.29, 0.717) is 17.3 Å². The summed E-state index contributed by atoms with van der Waals surface area (Å²) in [6.07, 6.45) is 15.9. The molecule has 0 amide bonds. The molecule has 0 saturated heterocycles. The van der Waals surface area contributed by atoms with Gasteiger partial charge in [-0.3, -0.25) is 0 Å². The van der Waals surface area contributed by atoms with Crippen molar-refractivity contribution >= 4 is 0 Å². The average molecular weight is 447 g/mol. The normalized spacial score (nSPS) is 40.7. The SMILES string of the molecule is CC1(C)CC(C)(C2c3ccccc3-c3ccccc32)C2C=C(C34CC5CC(CC(C5)C3)C4)C=C21. The Balaban J connectivity index is 1.27. The van der Waals surface area contributed by atoms with Gasteiger partial charge in [-0.15, -0.1) is 0 Å². The summed E-state index contributed by atoms with van der Waals surface area (Å²) in [5, 5.41) is 0. The lowest BCUT2D eigenvalue weighted by atomic mass is 9.47. The fourth-order valence-electron chi connectivity index (χ4n) is 10.8. The predicted octanol–water partition coefficient (Wildman–Crippen LogP) is 8.93. The second kappa shape index (κ2) is 6.37. The van der Waals surface area contributed by atoms with Crippen molar-refractivity contribution < 1.29 is 0 Å². The fourth-order valence-corrected chi connectivity index (χ4v) is 10.8. The van der Waals surface area contributed by atoms with Gasteiger partial charge in [0.15, 0.2) is 0 Å². The molecule has 7 aliphatic rings. The number of hydrogen-bond acceptors (Lipinski definition) is 0. The van der Waals surface area contributed by atoms with Crippen molar-refractivity contribution in [1.29, 1.82) is 0 Å². The quantitative estimate of drug-likeness (QED) is 0.432. The van der Waals surface area contributed by atoms with Crippen LogP contribution in [0.3, 0.4) is 0 Å². The van der Waals surface area contributed by atoms with Crippen molar-refractivity contribution in [3.05, 3.63) is 83.0 Å². The maximum atomic E-state index is 2.83. The highest BCUT2D eigenvalue weighted by Gasteiger charge is 2.60. The first kappa shape index (κ1) is 20.1. The lowest BCUT2D eigenvalue weighted by Gasteiger charge is -2.57. The van der Waals surface area contributed by atoms with Crippen molar-refractivity contribution in [2.24, 2.45) is 39.9 Å². The minimum absolute atomic E-state index is 0.224. The summed E-state index contributed by atoms with van der Waals surface area (Å²) in [5.41, 5.74) is 10.6. The highest BCUT2D eigenvalue weighted by Crippen LogP contribution is 2.71. The minimum atomic E-state index is 0.224. The minimum Gasteiger partial charge on any atom is -0.0729 e. The van der Waals surface area contributed by atoms with Gasteiger partial charge in [-0.25, -0.2) is 0 Å². The third kappa shape index (κ3) is 2.46. The molecule has 0 aliphatic heterocycles. The molecule has 5 saturated carbocycles. The van der Waals surface area contributed by atoms with Gasteiger partial charge in [0.25, 0.3) is 0 Å². The summed E-state index contributed by atoms with van der Waals surface area (Å²) < 4.78 is 0. The van der Waals surface area contributed by atoms with Crippen molar-refractivity contribution in [1.82, 2.24) is 0 Å². The number of benzene rings is 2. The Morgan fingerprint density at radius 2 is 1.24 bits per heavy atom. The topological polar surface area (TPSA) is 0 Å². The van der Waals surface area contributed by atoms with Crippen LogP contribution < -0.4 is 0 Å². The van der Waals surface area contributed by atoms with Gasteiger partial charge in [0, 0.05) is 11.8 Å². The van der Waals surface area contributed by atoms with Crippen LogP contribution in [0.5, 0.6) is 0 Å². The van der Waals surface area contributed by atoms with Gasteiger partial charge < -0.3 is 0 Å².